The number of amides is 1. The van der Waals surface area contributed by atoms with Crippen LogP contribution in [0.2, 0.25) is 0 Å². The van der Waals surface area contributed by atoms with Gasteiger partial charge in [0.15, 0.2) is 5.69 Å². The molecule has 0 atom stereocenters. The molecule has 3 aromatic carbocycles. The van der Waals surface area contributed by atoms with Crippen molar-refractivity contribution >= 4 is 11.6 Å². The third-order valence-electron chi connectivity index (χ3n) is 6.41. The Morgan fingerprint density at radius 2 is 1.61 bits per heavy atom. The zero-order valence-corrected chi connectivity index (χ0v) is 21.0. The summed E-state index contributed by atoms with van der Waals surface area (Å²) in [7, 11) is 0. The number of carbonyl (C=O) groups is 1. The van der Waals surface area contributed by atoms with Gasteiger partial charge in [0.05, 0.1) is 5.56 Å². The normalized spacial score (nSPS) is 11.5. The number of benzene rings is 3. The van der Waals surface area contributed by atoms with Gasteiger partial charge in [0.2, 0.25) is 0 Å². The van der Waals surface area contributed by atoms with E-state index in [0.29, 0.717) is 17.1 Å². The van der Waals surface area contributed by atoms with Gasteiger partial charge in [0, 0.05) is 24.6 Å². The first kappa shape index (κ1) is 25.1. The first-order chi connectivity index (χ1) is 17.0. The molecule has 7 heteroatoms. The second-order valence-corrected chi connectivity index (χ2v) is 9.21. The molecule has 0 bridgehead atoms. The molecule has 5 nitrogen and oxygen atoms in total. The molecule has 0 radical (unpaired) electrons. The number of rotatable bonds is 6. The lowest BCUT2D eigenvalue weighted by Crippen LogP contribution is -2.39. The molecule has 0 aliphatic carbocycles. The molecule has 0 fully saturated rings. The summed E-state index contributed by atoms with van der Waals surface area (Å²) >= 11 is 0. The quantitative estimate of drug-likeness (QED) is 0.204. The maximum absolute atomic E-state index is 14.1. The van der Waals surface area contributed by atoms with Crippen molar-refractivity contribution in [2.45, 2.75) is 47.0 Å². The number of carbonyl (C=O) groups excluding carboxylic acids is 1. The van der Waals surface area contributed by atoms with E-state index in [1.54, 1.807) is 6.92 Å². The van der Waals surface area contributed by atoms with Crippen LogP contribution in [0.15, 0.2) is 60.7 Å². The fourth-order valence-electron chi connectivity index (χ4n) is 4.57. The molecule has 0 aliphatic heterocycles. The number of aromatic nitrogens is 2. The third kappa shape index (κ3) is 4.73. The molecule has 1 amide bonds. The molecule has 0 saturated carbocycles. The smallest absolute Gasteiger partial charge is 0.327 e. The van der Waals surface area contributed by atoms with Crippen molar-refractivity contribution in [1.82, 2.24) is 4.98 Å². The average molecular weight is 491 g/mol. The number of nitrogens with zero attached hydrogens (tertiary/aromatic N) is 1. The van der Waals surface area contributed by atoms with Crippen molar-refractivity contribution in [3.8, 4) is 22.5 Å². The van der Waals surface area contributed by atoms with E-state index in [2.05, 4.69) is 42.3 Å². The van der Waals surface area contributed by atoms with Crippen molar-refractivity contribution in [2.75, 3.05) is 5.32 Å². The van der Waals surface area contributed by atoms with Gasteiger partial charge in [0.25, 0.3) is 11.6 Å². The summed E-state index contributed by atoms with van der Waals surface area (Å²) in [4.78, 5) is 16.2. The second kappa shape index (κ2) is 9.57. The van der Waals surface area contributed by atoms with Gasteiger partial charge >= 0.3 is 11.7 Å². The first-order valence-electron chi connectivity index (χ1n) is 11.8. The van der Waals surface area contributed by atoms with Crippen molar-refractivity contribution in [3.63, 3.8) is 0 Å². The molecule has 4 aromatic rings. The maximum Gasteiger partial charge on any atom is 0.327 e. The molecular formula is C29H30F2N3O2+. The summed E-state index contributed by atoms with van der Waals surface area (Å²) in [6.45, 7) is 9.17. The molecule has 36 heavy (non-hydrogen) atoms. The Morgan fingerprint density at radius 1 is 0.972 bits per heavy atom. The number of imidazole rings is 1. The molecule has 0 saturated heterocycles. The van der Waals surface area contributed by atoms with E-state index in [0.717, 1.165) is 32.5 Å². The molecule has 0 spiro atoms. The van der Waals surface area contributed by atoms with E-state index in [4.69, 9.17) is 0 Å². The highest BCUT2D eigenvalue weighted by atomic mass is 19.3. The molecule has 0 unspecified atom stereocenters. The van der Waals surface area contributed by atoms with Gasteiger partial charge in [-0.15, -0.1) is 0 Å². The minimum absolute atomic E-state index is 0.00668. The van der Waals surface area contributed by atoms with Crippen LogP contribution >= 0.6 is 0 Å². The summed E-state index contributed by atoms with van der Waals surface area (Å²) in [5, 5.41) is 13.6. The highest BCUT2D eigenvalue weighted by Gasteiger charge is 2.31. The van der Waals surface area contributed by atoms with Gasteiger partial charge < -0.3 is 10.5 Å². The number of nitrogens with one attached hydrogen (secondary N) is 2. The Bertz CT molecular complexity index is 1440. The molecule has 3 N–H and O–H groups in total. The lowest BCUT2D eigenvalue weighted by Gasteiger charge is -2.15. The highest BCUT2D eigenvalue weighted by Crippen LogP contribution is 2.33. The van der Waals surface area contributed by atoms with Gasteiger partial charge in [-0.1, -0.05) is 43.3 Å². The van der Waals surface area contributed by atoms with Crippen LogP contribution in [0.1, 0.15) is 51.8 Å². The lowest BCUT2D eigenvalue weighted by molar-refractivity contribution is -0.896. The van der Waals surface area contributed by atoms with Gasteiger partial charge in [-0.2, -0.15) is 0 Å². The Hall–Kier alpha value is -4.00. The molecular weight excluding hydrogens is 460 g/mol. The predicted octanol–water partition coefficient (Wildman–Crippen LogP) is 6.86. The van der Waals surface area contributed by atoms with E-state index >= 15 is 0 Å². The highest BCUT2D eigenvalue weighted by molar-refractivity contribution is 6.02. The monoisotopic (exact) mass is 490 g/mol. The van der Waals surface area contributed by atoms with Crippen molar-refractivity contribution in [2.24, 2.45) is 0 Å². The summed E-state index contributed by atoms with van der Waals surface area (Å²) in [6.07, 6.45) is -0.345. The van der Waals surface area contributed by atoms with E-state index in [9.17, 15) is 18.8 Å². The summed E-state index contributed by atoms with van der Waals surface area (Å²) < 4.78 is 29.1. The first-order valence-corrected chi connectivity index (χ1v) is 11.8. The third-order valence-corrected chi connectivity index (χ3v) is 6.41. The SMILES string of the molecule is CCC(F)(F)c1cccc(NC(=O)c2c(C)[nH]c(-c3cc(C)cc(-c4c(C)cccc4C)c3)[n+]2O)c1. The number of halogens is 2. The van der Waals surface area contributed by atoms with E-state index in [1.165, 1.54) is 31.2 Å². The average Bonchev–Trinajstić information content (AvgIpc) is 3.12. The van der Waals surface area contributed by atoms with Crippen LogP contribution < -0.4 is 10.0 Å². The van der Waals surface area contributed by atoms with Gasteiger partial charge in [0.1, 0.15) is 0 Å². The number of hydrogen-bond donors (Lipinski definition) is 3. The van der Waals surface area contributed by atoms with Gasteiger partial charge in [-0.25, -0.2) is 13.8 Å². The Morgan fingerprint density at radius 3 is 2.28 bits per heavy atom. The van der Waals surface area contributed by atoms with Crippen LogP contribution in [0.5, 0.6) is 0 Å². The van der Waals surface area contributed by atoms with Crippen LogP contribution in [-0.4, -0.2) is 16.1 Å². The Labute approximate surface area is 209 Å². The van der Waals surface area contributed by atoms with Gasteiger partial charge in [-0.3, -0.25) is 4.79 Å². The number of anilines is 1. The number of hydrogen-bond acceptors (Lipinski definition) is 2. The van der Waals surface area contributed by atoms with Crippen molar-refractivity contribution < 1.29 is 23.5 Å². The topological polar surface area (TPSA) is 69.0 Å². The van der Waals surface area contributed by atoms with E-state index in [-0.39, 0.29) is 23.4 Å². The van der Waals surface area contributed by atoms with Crippen molar-refractivity contribution in [3.05, 3.63) is 94.3 Å². The Kier molecular flexibility index (Phi) is 6.67. The second-order valence-electron chi connectivity index (χ2n) is 9.21. The number of alkyl halides is 2. The number of H-pyrrole nitrogens is 1. The van der Waals surface area contributed by atoms with Crippen LogP contribution in [0.4, 0.5) is 14.5 Å². The van der Waals surface area contributed by atoms with Gasteiger partial charge in [-0.05, 0) is 77.6 Å². The molecule has 0 aliphatic rings. The zero-order chi connectivity index (χ0) is 26.2. The minimum Gasteiger partial charge on any atom is -0.349 e. The van der Waals surface area contributed by atoms with Crippen molar-refractivity contribution in [1.29, 1.82) is 0 Å². The zero-order valence-electron chi connectivity index (χ0n) is 21.0. The number of aryl methyl sites for hydroxylation is 4. The molecule has 186 valence electrons. The molecule has 4 rings (SSSR count). The fourth-order valence-corrected chi connectivity index (χ4v) is 4.57. The Balaban J connectivity index is 1.71. The number of aromatic amines is 1. The van der Waals surface area contributed by atoms with E-state index < -0.39 is 11.8 Å². The summed E-state index contributed by atoms with van der Waals surface area (Å²) in [5.74, 6) is -3.26. The molecule has 1 aromatic heterocycles. The van der Waals surface area contributed by atoms with E-state index in [1.807, 2.05) is 25.1 Å². The van der Waals surface area contributed by atoms with Crippen LogP contribution in [0, 0.1) is 27.7 Å². The summed E-state index contributed by atoms with van der Waals surface area (Å²) in [6, 6.07) is 17.7. The standard InChI is InChI=1S/C29H29F2N3O2/c1-6-29(30,31)23-11-8-12-24(16-23)33-28(35)26-20(5)32-27(34(26)36)22-14-17(2)13-21(15-22)25-18(3)9-7-10-19(25)4/h7-16,36H,6H2,1-5H3,(H,33,35)/p+1. The fraction of sp³-hybridized carbons (Fsp3) is 0.241. The predicted molar refractivity (Wildman–Crippen MR) is 137 cm³/mol. The minimum atomic E-state index is -2.99. The van der Waals surface area contributed by atoms with Crippen LogP contribution in [0.3, 0.4) is 0 Å². The maximum atomic E-state index is 14.1. The van der Waals surface area contributed by atoms with Crippen LogP contribution in [-0.2, 0) is 5.92 Å². The molecule has 1 heterocycles. The van der Waals surface area contributed by atoms with Crippen LogP contribution in [0.25, 0.3) is 22.5 Å². The summed E-state index contributed by atoms with van der Waals surface area (Å²) in [5.41, 5.74) is 6.60. The largest absolute Gasteiger partial charge is 0.349 e. The lowest BCUT2D eigenvalue weighted by atomic mass is 9.93.